The molecule has 0 amide bonds. The van der Waals surface area contributed by atoms with Crippen molar-refractivity contribution in [3.63, 3.8) is 0 Å². The van der Waals surface area contributed by atoms with Crippen molar-refractivity contribution in [2.75, 3.05) is 37.2 Å². The van der Waals surface area contributed by atoms with Crippen molar-refractivity contribution in [3.8, 4) is 0 Å². The van der Waals surface area contributed by atoms with Crippen LogP contribution < -0.4 is 16.8 Å². The molecule has 5 N–H and O–H groups in total. The Labute approximate surface area is 192 Å². The van der Waals surface area contributed by atoms with Crippen LogP contribution in [0.15, 0.2) is 36.4 Å². The highest BCUT2D eigenvalue weighted by molar-refractivity contribution is 5.85. The second kappa shape index (κ2) is 11.7. The van der Waals surface area contributed by atoms with Crippen LogP contribution in [0.3, 0.4) is 0 Å². The average Bonchev–Trinajstić information content (AvgIpc) is 2.69. The van der Waals surface area contributed by atoms with Gasteiger partial charge in [0.25, 0.3) is 0 Å². The van der Waals surface area contributed by atoms with Crippen molar-refractivity contribution in [1.82, 2.24) is 14.9 Å². The summed E-state index contributed by atoms with van der Waals surface area (Å²) in [6, 6.07) is 13.1. The molecule has 30 heavy (non-hydrogen) atoms. The number of benzene rings is 1. The van der Waals surface area contributed by atoms with E-state index in [1.54, 1.807) is 0 Å². The zero-order chi connectivity index (χ0) is 19.3. The van der Waals surface area contributed by atoms with Crippen LogP contribution in [0.5, 0.6) is 0 Å². The van der Waals surface area contributed by atoms with Gasteiger partial charge in [0.1, 0.15) is 5.82 Å². The number of aromatic nitrogens is 2. The van der Waals surface area contributed by atoms with Crippen molar-refractivity contribution in [2.24, 2.45) is 11.7 Å². The standard InChI is InChI=1S/C22H32N6.2ClH/c23-19-12-18(13-19)20-14-21(27-22(24)26-20)25-15-17-7-10-28(11-8-17)9-6-16-4-2-1-3-5-16;;/h1-5,14,17-19H,6-13,15,23H2,(H3,24,25,26,27);2*1H. The number of nitrogen functional groups attached to an aromatic ring is 1. The third-order valence-corrected chi connectivity index (χ3v) is 6.19. The molecule has 2 aliphatic rings. The molecular formula is C22H34Cl2N6. The number of nitrogens with two attached hydrogens (primary N) is 2. The molecule has 1 saturated heterocycles. The van der Waals surface area contributed by atoms with Gasteiger partial charge in [0.15, 0.2) is 0 Å². The van der Waals surface area contributed by atoms with E-state index >= 15 is 0 Å². The number of piperidine rings is 1. The van der Waals surface area contributed by atoms with E-state index in [4.69, 9.17) is 11.5 Å². The maximum Gasteiger partial charge on any atom is 0.222 e. The normalized spacial score (nSPS) is 21.8. The Morgan fingerprint density at radius 1 is 1.03 bits per heavy atom. The number of hydrogen-bond donors (Lipinski definition) is 3. The number of halogens is 2. The molecule has 0 unspecified atom stereocenters. The summed E-state index contributed by atoms with van der Waals surface area (Å²) in [5.74, 6) is 2.34. The Morgan fingerprint density at radius 3 is 2.40 bits per heavy atom. The van der Waals surface area contributed by atoms with Crippen LogP contribution in [0.25, 0.3) is 0 Å². The van der Waals surface area contributed by atoms with E-state index in [0.717, 1.165) is 43.9 Å². The van der Waals surface area contributed by atoms with Gasteiger partial charge >= 0.3 is 0 Å². The summed E-state index contributed by atoms with van der Waals surface area (Å²) < 4.78 is 0. The lowest BCUT2D eigenvalue weighted by Crippen LogP contribution is -2.37. The van der Waals surface area contributed by atoms with Crippen molar-refractivity contribution in [3.05, 3.63) is 47.7 Å². The van der Waals surface area contributed by atoms with Crippen molar-refractivity contribution >= 4 is 36.6 Å². The minimum absolute atomic E-state index is 0. The van der Waals surface area contributed by atoms with Gasteiger partial charge in [-0.15, -0.1) is 24.8 Å². The van der Waals surface area contributed by atoms with Crippen LogP contribution >= 0.6 is 24.8 Å². The molecule has 8 heteroatoms. The molecule has 1 aromatic heterocycles. The number of anilines is 2. The third-order valence-electron chi connectivity index (χ3n) is 6.19. The van der Waals surface area contributed by atoms with E-state index in [2.05, 4.69) is 56.6 Å². The highest BCUT2D eigenvalue weighted by Gasteiger charge is 2.29. The maximum absolute atomic E-state index is 5.92. The molecule has 0 radical (unpaired) electrons. The van der Waals surface area contributed by atoms with Crippen LogP contribution in [0.1, 0.15) is 42.9 Å². The highest BCUT2D eigenvalue weighted by atomic mass is 35.5. The molecule has 2 fully saturated rings. The Bertz CT molecular complexity index is 761. The minimum Gasteiger partial charge on any atom is -0.370 e. The topological polar surface area (TPSA) is 93.1 Å². The molecule has 2 heterocycles. The van der Waals surface area contributed by atoms with Gasteiger partial charge in [-0.25, -0.2) is 4.98 Å². The molecular weight excluding hydrogens is 419 g/mol. The zero-order valence-electron chi connectivity index (χ0n) is 17.4. The molecule has 2 aromatic rings. The van der Waals surface area contributed by atoms with Gasteiger partial charge in [0.05, 0.1) is 5.69 Å². The number of hydrogen-bond acceptors (Lipinski definition) is 6. The molecule has 1 saturated carbocycles. The van der Waals surface area contributed by atoms with E-state index in [1.165, 1.54) is 31.5 Å². The highest BCUT2D eigenvalue weighted by Crippen LogP contribution is 2.35. The molecule has 1 aliphatic heterocycles. The smallest absolute Gasteiger partial charge is 0.222 e. The number of likely N-dealkylation sites (tertiary alicyclic amines) is 1. The molecule has 1 aromatic carbocycles. The summed E-state index contributed by atoms with van der Waals surface area (Å²) in [5.41, 5.74) is 14.3. The fraction of sp³-hybridized carbons (Fsp3) is 0.545. The fourth-order valence-corrected chi connectivity index (χ4v) is 4.28. The molecule has 166 valence electrons. The van der Waals surface area contributed by atoms with Gasteiger partial charge in [0.2, 0.25) is 5.95 Å². The van der Waals surface area contributed by atoms with E-state index in [-0.39, 0.29) is 24.8 Å². The van der Waals surface area contributed by atoms with Gasteiger partial charge in [0, 0.05) is 31.1 Å². The lowest BCUT2D eigenvalue weighted by Gasteiger charge is -2.33. The van der Waals surface area contributed by atoms with Gasteiger partial charge in [-0.3, -0.25) is 0 Å². The van der Waals surface area contributed by atoms with Crippen molar-refractivity contribution < 1.29 is 0 Å². The first-order valence-electron chi connectivity index (χ1n) is 10.6. The van der Waals surface area contributed by atoms with E-state index in [1.807, 2.05) is 0 Å². The molecule has 0 spiro atoms. The minimum atomic E-state index is 0. The second-order valence-corrected chi connectivity index (χ2v) is 8.37. The first-order chi connectivity index (χ1) is 13.7. The van der Waals surface area contributed by atoms with Crippen molar-refractivity contribution in [1.29, 1.82) is 0 Å². The Hall–Kier alpha value is -1.60. The quantitative estimate of drug-likeness (QED) is 0.595. The van der Waals surface area contributed by atoms with Gasteiger partial charge < -0.3 is 21.7 Å². The summed E-state index contributed by atoms with van der Waals surface area (Å²) in [6.07, 6.45) is 5.59. The molecule has 0 bridgehead atoms. The lowest BCUT2D eigenvalue weighted by molar-refractivity contribution is 0.191. The molecule has 1 aliphatic carbocycles. The maximum atomic E-state index is 5.92. The summed E-state index contributed by atoms with van der Waals surface area (Å²) in [4.78, 5) is 11.4. The Balaban J connectivity index is 0.00000160. The van der Waals surface area contributed by atoms with Crippen LogP contribution in [-0.2, 0) is 6.42 Å². The summed E-state index contributed by atoms with van der Waals surface area (Å²) in [7, 11) is 0. The van der Waals surface area contributed by atoms with Crippen LogP contribution in [0, 0.1) is 5.92 Å². The second-order valence-electron chi connectivity index (χ2n) is 8.37. The Morgan fingerprint density at radius 2 is 1.73 bits per heavy atom. The average molecular weight is 453 g/mol. The van der Waals surface area contributed by atoms with E-state index < -0.39 is 0 Å². The van der Waals surface area contributed by atoms with Crippen LogP contribution in [0.4, 0.5) is 11.8 Å². The van der Waals surface area contributed by atoms with E-state index in [9.17, 15) is 0 Å². The molecule has 6 nitrogen and oxygen atoms in total. The van der Waals surface area contributed by atoms with Gasteiger partial charge in [-0.05, 0) is 56.7 Å². The lowest BCUT2D eigenvalue weighted by atomic mass is 9.78. The number of rotatable bonds is 7. The summed E-state index contributed by atoms with van der Waals surface area (Å²) in [5, 5.41) is 3.50. The van der Waals surface area contributed by atoms with Crippen LogP contribution in [0.2, 0.25) is 0 Å². The van der Waals surface area contributed by atoms with Gasteiger partial charge in [-0.2, -0.15) is 4.98 Å². The summed E-state index contributed by atoms with van der Waals surface area (Å²) >= 11 is 0. The fourth-order valence-electron chi connectivity index (χ4n) is 4.28. The first kappa shape index (κ1) is 24.7. The predicted octanol–water partition coefficient (Wildman–Crippen LogP) is 3.47. The van der Waals surface area contributed by atoms with Crippen molar-refractivity contribution in [2.45, 2.75) is 44.1 Å². The van der Waals surface area contributed by atoms with Gasteiger partial charge in [-0.1, -0.05) is 30.3 Å². The SMILES string of the molecule is Cl.Cl.Nc1nc(NCC2CCN(CCc3ccccc3)CC2)cc(C2CC(N)C2)n1. The Kier molecular flexibility index (Phi) is 9.62. The summed E-state index contributed by atoms with van der Waals surface area (Å²) in [6.45, 7) is 4.46. The number of nitrogens with zero attached hydrogens (tertiary/aromatic N) is 3. The largest absolute Gasteiger partial charge is 0.370 e. The predicted molar refractivity (Wildman–Crippen MR) is 129 cm³/mol. The van der Waals surface area contributed by atoms with E-state index in [0.29, 0.717) is 23.8 Å². The monoisotopic (exact) mass is 452 g/mol. The van der Waals surface area contributed by atoms with Crippen LogP contribution in [-0.4, -0.2) is 47.1 Å². The third kappa shape index (κ3) is 6.71. The number of nitrogens with one attached hydrogen (secondary N) is 1. The molecule has 4 rings (SSSR count). The molecule has 0 atom stereocenters. The first-order valence-corrected chi connectivity index (χ1v) is 10.6. The zero-order valence-corrected chi connectivity index (χ0v) is 19.0.